The number of rotatable bonds is 4. The van der Waals surface area contributed by atoms with Crippen molar-refractivity contribution in [2.24, 2.45) is 11.7 Å². The van der Waals surface area contributed by atoms with Crippen molar-refractivity contribution < 1.29 is 9.21 Å². The number of halogens is 1. The molecule has 1 aromatic heterocycles. The summed E-state index contributed by atoms with van der Waals surface area (Å²) in [5.74, 6) is 0.487. The van der Waals surface area contributed by atoms with Gasteiger partial charge in [-0.3, -0.25) is 4.79 Å². The van der Waals surface area contributed by atoms with E-state index in [1.54, 1.807) is 0 Å². The predicted molar refractivity (Wildman–Crippen MR) is 82.8 cm³/mol. The van der Waals surface area contributed by atoms with E-state index in [0.29, 0.717) is 0 Å². The second-order valence-corrected chi connectivity index (χ2v) is 5.06. The van der Waals surface area contributed by atoms with Gasteiger partial charge in [0.15, 0.2) is 0 Å². The predicted octanol–water partition coefficient (Wildman–Crippen LogP) is 3.02. The minimum atomic E-state index is -0.216. The highest BCUT2D eigenvalue weighted by atomic mass is 35.5. The van der Waals surface area contributed by atoms with E-state index >= 15 is 0 Å². The molecule has 1 heterocycles. The van der Waals surface area contributed by atoms with Gasteiger partial charge in [0, 0.05) is 17.3 Å². The van der Waals surface area contributed by atoms with Crippen molar-refractivity contribution in [2.45, 2.75) is 32.9 Å². The molecule has 20 heavy (non-hydrogen) atoms. The average Bonchev–Trinajstić information content (AvgIpc) is 2.81. The van der Waals surface area contributed by atoms with Crippen molar-refractivity contribution in [3.63, 3.8) is 0 Å². The fourth-order valence-electron chi connectivity index (χ4n) is 1.87. The van der Waals surface area contributed by atoms with E-state index in [1.165, 1.54) is 0 Å². The maximum absolute atomic E-state index is 12.0. The first-order chi connectivity index (χ1) is 8.99. The second kappa shape index (κ2) is 6.77. The summed E-state index contributed by atoms with van der Waals surface area (Å²) in [5, 5.41) is 3.97. The maximum atomic E-state index is 12.0. The number of fused-ring (bicyclic) bond motifs is 1. The largest absolute Gasteiger partial charge is 0.459 e. The van der Waals surface area contributed by atoms with Crippen LogP contribution in [0.25, 0.3) is 11.0 Å². The summed E-state index contributed by atoms with van der Waals surface area (Å²) in [7, 11) is 0. The fraction of sp³-hybridized carbons (Fsp3) is 0.400. The van der Waals surface area contributed by atoms with Gasteiger partial charge in [0.1, 0.15) is 11.3 Å². The summed E-state index contributed by atoms with van der Waals surface area (Å²) < 4.78 is 5.72. The first-order valence-electron chi connectivity index (χ1n) is 6.53. The third kappa shape index (κ3) is 3.52. The number of carbonyl (C=O) groups excluding carboxylic acids is 1. The van der Waals surface area contributed by atoms with Gasteiger partial charge in [0.25, 0.3) is 0 Å². The van der Waals surface area contributed by atoms with Gasteiger partial charge in [-0.1, -0.05) is 25.1 Å². The number of benzene rings is 1. The molecule has 0 aliphatic rings. The van der Waals surface area contributed by atoms with E-state index < -0.39 is 0 Å². The minimum Gasteiger partial charge on any atom is -0.459 e. The van der Waals surface area contributed by atoms with Gasteiger partial charge in [-0.05, 0) is 26.0 Å². The van der Waals surface area contributed by atoms with Gasteiger partial charge in [0.05, 0.1) is 6.04 Å². The van der Waals surface area contributed by atoms with Gasteiger partial charge < -0.3 is 15.5 Å². The molecule has 0 aliphatic carbocycles. The first kappa shape index (κ1) is 16.5. The quantitative estimate of drug-likeness (QED) is 0.911. The fourth-order valence-corrected chi connectivity index (χ4v) is 1.87. The Morgan fingerprint density at radius 2 is 1.90 bits per heavy atom. The van der Waals surface area contributed by atoms with E-state index in [4.69, 9.17) is 10.2 Å². The molecule has 4 nitrogen and oxygen atoms in total. The zero-order valence-electron chi connectivity index (χ0n) is 11.9. The Balaban J connectivity index is 0.00000200. The molecule has 3 N–H and O–H groups in total. The van der Waals surface area contributed by atoms with Crippen molar-refractivity contribution in [1.29, 1.82) is 0 Å². The van der Waals surface area contributed by atoms with Crippen LogP contribution in [-0.4, -0.2) is 11.9 Å². The molecule has 1 amide bonds. The molecular weight excluding hydrogens is 276 g/mol. The van der Waals surface area contributed by atoms with Gasteiger partial charge in [-0.25, -0.2) is 0 Å². The first-order valence-corrected chi connectivity index (χ1v) is 6.53. The minimum absolute atomic E-state index is 0. The third-order valence-electron chi connectivity index (χ3n) is 3.43. The molecule has 5 heteroatoms. The topological polar surface area (TPSA) is 68.3 Å². The van der Waals surface area contributed by atoms with Gasteiger partial charge in [-0.2, -0.15) is 0 Å². The number of hydrogen-bond donors (Lipinski definition) is 2. The zero-order chi connectivity index (χ0) is 14.0. The zero-order valence-corrected chi connectivity index (χ0v) is 12.7. The van der Waals surface area contributed by atoms with Crippen LogP contribution in [0.2, 0.25) is 0 Å². The molecule has 0 spiro atoms. The summed E-state index contributed by atoms with van der Waals surface area (Å²) in [6.45, 7) is 5.56. The lowest BCUT2D eigenvalue weighted by atomic mass is 10.0. The van der Waals surface area contributed by atoms with Crippen LogP contribution >= 0.6 is 12.4 Å². The summed E-state index contributed by atoms with van der Waals surface area (Å²) >= 11 is 0. The van der Waals surface area contributed by atoms with Crippen molar-refractivity contribution >= 4 is 29.3 Å². The highest BCUT2D eigenvalue weighted by Gasteiger charge is 2.20. The monoisotopic (exact) mass is 296 g/mol. The molecule has 0 fully saturated rings. The average molecular weight is 297 g/mol. The van der Waals surface area contributed by atoms with Crippen molar-refractivity contribution in [3.8, 4) is 0 Å². The molecule has 0 bridgehead atoms. The molecule has 110 valence electrons. The molecule has 3 atom stereocenters. The molecule has 2 aromatic rings. The summed E-state index contributed by atoms with van der Waals surface area (Å²) in [6.07, 6.45) is 0. The molecule has 3 unspecified atom stereocenters. The standard InChI is InChI=1S/C15H20N2O2.ClH/c1-9(10(2)16)15(18)17-11(3)14-8-12-6-4-5-7-13(12)19-14;/h4-11H,16H2,1-3H3,(H,17,18);1H. The van der Waals surface area contributed by atoms with Crippen LogP contribution in [0, 0.1) is 5.92 Å². The Labute approximate surface area is 125 Å². The van der Waals surface area contributed by atoms with E-state index in [-0.39, 0.29) is 36.3 Å². The lowest BCUT2D eigenvalue weighted by molar-refractivity contribution is -0.125. The SMILES string of the molecule is CC(NC(=O)C(C)C(C)N)c1cc2ccccc2o1.Cl. The van der Waals surface area contributed by atoms with Gasteiger partial charge >= 0.3 is 0 Å². The molecule has 0 saturated heterocycles. The van der Waals surface area contributed by atoms with Crippen LogP contribution < -0.4 is 11.1 Å². The van der Waals surface area contributed by atoms with Crippen LogP contribution in [0.4, 0.5) is 0 Å². The Hall–Kier alpha value is -1.52. The maximum Gasteiger partial charge on any atom is 0.224 e. The summed E-state index contributed by atoms with van der Waals surface area (Å²) in [6, 6.07) is 9.42. The third-order valence-corrected chi connectivity index (χ3v) is 3.43. The van der Waals surface area contributed by atoms with Crippen LogP contribution in [0.3, 0.4) is 0 Å². The van der Waals surface area contributed by atoms with E-state index in [1.807, 2.05) is 51.1 Å². The lowest BCUT2D eigenvalue weighted by Crippen LogP contribution is -2.39. The number of para-hydroxylation sites is 1. The Morgan fingerprint density at radius 1 is 1.25 bits per heavy atom. The second-order valence-electron chi connectivity index (χ2n) is 5.06. The highest BCUT2D eigenvalue weighted by Crippen LogP contribution is 2.23. The number of amides is 1. The number of hydrogen-bond acceptors (Lipinski definition) is 3. The summed E-state index contributed by atoms with van der Waals surface area (Å²) in [4.78, 5) is 12.0. The molecular formula is C15H21ClN2O2. The van der Waals surface area contributed by atoms with Gasteiger partial charge in [0.2, 0.25) is 5.91 Å². The highest BCUT2D eigenvalue weighted by molar-refractivity contribution is 5.85. The van der Waals surface area contributed by atoms with E-state index in [2.05, 4.69) is 5.32 Å². The molecule has 0 radical (unpaired) electrons. The Morgan fingerprint density at radius 3 is 2.50 bits per heavy atom. The van der Waals surface area contributed by atoms with Crippen LogP contribution in [0.5, 0.6) is 0 Å². The molecule has 0 aliphatic heterocycles. The number of furan rings is 1. The lowest BCUT2D eigenvalue weighted by Gasteiger charge is -2.18. The van der Waals surface area contributed by atoms with Gasteiger partial charge in [-0.15, -0.1) is 12.4 Å². The van der Waals surface area contributed by atoms with Crippen LogP contribution in [0.1, 0.15) is 32.6 Å². The number of nitrogens with one attached hydrogen (secondary N) is 1. The van der Waals surface area contributed by atoms with Crippen LogP contribution in [0.15, 0.2) is 34.7 Å². The Kier molecular flexibility index (Phi) is 5.60. The van der Waals surface area contributed by atoms with Crippen LogP contribution in [-0.2, 0) is 4.79 Å². The van der Waals surface area contributed by atoms with Crippen molar-refractivity contribution in [2.75, 3.05) is 0 Å². The van der Waals surface area contributed by atoms with E-state index in [0.717, 1.165) is 16.7 Å². The normalized spacial score (nSPS) is 15.2. The number of carbonyl (C=O) groups is 1. The molecule has 2 rings (SSSR count). The van der Waals surface area contributed by atoms with Crippen molar-refractivity contribution in [1.82, 2.24) is 5.32 Å². The molecule has 0 saturated carbocycles. The van der Waals surface area contributed by atoms with E-state index in [9.17, 15) is 4.79 Å². The van der Waals surface area contributed by atoms with Crippen molar-refractivity contribution in [3.05, 3.63) is 36.1 Å². The smallest absolute Gasteiger partial charge is 0.224 e. The molecule has 1 aromatic carbocycles. The summed E-state index contributed by atoms with van der Waals surface area (Å²) in [5.41, 5.74) is 6.56. The number of nitrogens with two attached hydrogens (primary N) is 1. The Bertz CT molecular complexity index is 547.